The molecule has 0 bridgehead atoms. The van der Waals surface area contributed by atoms with Crippen molar-refractivity contribution >= 4 is 71.4 Å². The molecule has 0 amide bonds. The van der Waals surface area contributed by atoms with Crippen LogP contribution in [0.25, 0.3) is 27.7 Å². The Balaban J connectivity index is 0.000000186. The van der Waals surface area contributed by atoms with Crippen LogP contribution >= 0.6 is 31.9 Å². The van der Waals surface area contributed by atoms with E-state index in [1.807, 2.05) is 34.7 Å². The van der Waals surface area contributed by atoms with E-state index in [0.717, 1.165) is 36.8 Å². The number of carbonyl (C=O) groups is 1. The molecule has 0 spiro atoms. The maximum atomic E-state index is 11.9. The SMILES string of the molecule is CC(C)c1cc(Br)c2ccc(N)nc2n1.CCOC(=O)c1cn2c(ccc3c(Br)cc(C(C)C)nc32)n1. The first-order valence-electron chi connectivity index (χ1n) is 12.0. The quantitative estimate of drug-likeness (QED) is 0.213. The lowest BCUT2D eigenvalue weighted by atomic mass is 10.1. The number of pyridine rings is 4. The molecule has 0 aliphatic rings. The first kappa shape index (κ1) is 26.9. The predicted octanol–water partition coefficient (Wildman–Crippen LogP) is 7.04. The molecule has 0 aliphatic heterocycles. The zero-order valence-electron chi connectivity index (χ0n) is 21.3. The van der Waals surface area contributed by atoms with Gasteiger partial charge in [-0.05, 0) is 87.0 Å². The number of nitrogens with two attached hydrogens (primary N) is 1. The standard InChI is InChI=1S/C16H16BrN3O2.C11H12BrN3/c1-4-22-16(21)13-8-20-14(18-13)6-5-10-11(17)7-12(9(2)3)19-15(10)20;1-6(2)9-5-8(12)7-3-4-10(13)15-11(7)14-9/h5-9H,4H2,1-3H3;3-6H,1-2H3,(H2,13,14,15). The van der Waals surface area contributed by atoms with Gasteiger partial charge in [0.1, 0.15) is 17.1 Å². The van der Waals surface area contributed by atoms with Crippen molar-refractivity contribution in [3.8, 4) is 0 Å². The fourth-order valence-corrected chi connectivity index (χ4v) is 4.79. The molecule has 37 heavy (non-hydrogen) atoms. The molecular weight excluding hydrogens is 600 g/mol. The van der Waals surface area contributed by atoms with Crippen molar-refractivity contribution in [1.82, 2.24) is 24.3 Å². The maximum absolute atomic E-state index is 11.9. The van der Waals surface area contributed by atoms with Crippen molar-refractivity contribution in [3.05, 3.63) is 68.6 Å². The van der Waals surface area contributed by atoms with E-state index in [9.17, 15) is 4.79 Å². The highest BCUT2D eigenvalue weighted by molar-refractivity contribution is 9.11. The zero-order chi connectivity index (χ0) is 26.9. The number of hydrogen-bond donors (Lipinski definition) is 1. The molecule has 0 radical (unpaired) electrons. The van der Waals surface area contributed by atoms with Gasteiger partial charge in [-0.15, -0.1) is 0 Å². The van der Waals surface area contributed by atoms with Crippen LogP contribution in [-0.2, 0) is 4.74 Å². The molecule has 192 valence electrons. The zero-order valence-corrected chi connectivity index (χ0v) is 24.5. The largest absolute Gasteiger partial charge is 0.461 e. The van der Waals surface area contributed by atoms with E-state index in [1.54, 1.807) is 19.2 Å². The summed E-state index contributed by atoms with van der Waals surface area (Å²) in [6, 6.07) is 11.6. The summed E-state index contributed by atoms with van der Waals surface area (Å²) >= 11 is 7.12. The lowest BCUT2D eigenvalue weighted by Crippen LogP contribution is -2.04. The molecule has 8 nitrogen and oxygen atoms in total. The van der Waals surface area contributed by atoms with E-state index in [4.69, 9.17) is 15.5 Å². The Labute approximate surface area is 231 Å². The number of fused-ring (bicyclic) bond motifs is 4. The molecule has 10 heteroatoms. The first-order chi connectivity index (χ1) is 17.6. The van der Waals surface area contributed by atoms with E-state index in [1.165, 1.54) is 0 Å². The minimum absolute atomic E-state index is 0.294. The highest BCUT2D eigenvalue weighted by Gasteiger charge is 2.15. The molecule has 0 aliphatic carbocycles. The molecule has 5 aromatic rings. The molecular formula is C27H28Br2N6O2. The fraction of sp³-hybridized carbons (Fsp3) is 0.296. The van der Waals surface area contributed by atoms with Crippen LogP contribution in [0.2, 0.25) is 0 Å². The molecule has 0 aromatic carbocycles. The Morgan fingerprint density at radius 2 is 1.54 bits per heavy atom. The lowest BCUT2D eigenvalue weighted by molar-refractivity contribution is 0.0520. The van der Waals surface area contributed by atoms with Crippen molar-refractivity contribution < 1.29 is 9.53 Å². The first-order valence-corrected chi connectivity index (χ1v) is 13.6. The number of halogens is 2. The van der Waals surface area contributed by atoms with Gasteiger partial charge in [-0.3, -0.25) is 4.40 Å². The monoisotopic (exact) mass is 626 g/mol. The van der Waals surface area contributed by atoms with Crippen molar-refractivity contribution in [2.45, 2.75) is 46.5 Å². The Hall–Kier alpha value is -3.11. The van der Waals surface area contributed by atoms with Crippen LogP contribution in [-0.4, -0.2) is 36.9 Å². The van der Waals surface area contributed by atoms with Crippen LogP contribution in [0.3, 0.4) is 0 Å². The smallest absolute Gasteiger partial charge is 0.358 e. The van der Waals surface area contributed by atoms with E-state index in [-0.39, 0.29) is 0 Å². The highest BCUT2D eigenvalue weighted by Crippen LogP contribution is 2.28. The minimum Gasteiger partial charge on any atom is -0.461 e. The number of aromatic nitrogens is 5. The number of anilines is 1. The number of carbonyl (C=O) groups excluding carboxylic acids is 1. The van der Waals surface area contributed by atoms with Crippen molar-refractivity contribution in [2.75, 3.05) is 12.3 Å². The minimum atomic E-state index is -0.418. The number of rotatable bonds is 4. The third-order valence-electron chi connectivity index (χ3n) is 5.70. The second-order valence-electron chi connectivity index (χ2n) is 9.12. The summed E-state index contributed by atoms with van der Waals surface area (Å²) in [5.41, 5.74) is 10.1. The van der Waals surface area contributed by atoms with Crippen LogP contribution in [0.15, 0.2) is 51.5 Å². The van der Waals surface area contributed by atoms with Crippen LogP contribution in [0.1, 0.15) is 68.3 Å². The highest BCUT2D eigenvalue weighted by atomic mass is 79.9. The van der Waals surface area contributed by atoms with E-state index >= 15 is 0 Å². The molecule has 0 saturated heterocycles. The second kappa shape index (κ2) is 11.1. The molecule has 0 saturated carbocycles. The van der Waals surface area contributed by atoms with Gasteiger partial charge in [0.25, 0.3) is 0 Å². The second-order valence-corrected chi connectivity index (χ2v) is 10.8. The van der Waals surface area contributed by atoms with Crippen LogP contribution in [0.5, 0.6) is 0 Å². The van der Waals surface area contributed by atoms with Gasteiger partial charge in [0, 0.05) is 37.3 Å². The number of nitrogens with zero attached hydrogens (tertiary/aromatic N) is 5. The van der Waals surface area contributed by atoms with Gasteiger partial charge in [-0.2, -0.15) is 0 Å². The molecule has 2 N–H and O–H groups in total. The number of hydrogen-bond acceptors (Lipinski definition) is 7. The van der Waals surface area contributed by atoms with Gasteiger partial charge < -0.3 is 10.5 Å². The van der Waals surface area contributed by atoms with Gasteiger partial charge in [0.05, 0.1) is 6.61 Å². The fourth-order valence-electron chi connectivity index (χ4n) is 3.70. The van der Waals surface area contributed by atoms with Crippen LogP contribution in [0.4, 0.5) is 5.82 Å². The summed E-state index contributed by atoms with van der Waals surface area (Å²) in [4.78, 5) is 29.6. The number of esters is 1. The predicted molar refractivity (Wildman–Crippen MR) is 154 cm³/mol. The molecule has 5 rings (SSSR count). The molecule has 5 heterocycles. The summed E-state index contributed by atoms with van der Waals surface area (Å²) in [5.74, 6) is 0.777. The van der Waals surface area contributed by atoms with E-state index in [2.05, 4.69) is 74.5 Å². The van der Waals surface area contributed by atoms with Crippen LogP contribution < -0.4 is 5.73 Å². The van der Waals surface area contributed by atoms with Gasteiger partial charge in [0.2, 0.25) is 0 Å². The molecule has 5 aromatic heterocycles. The Morgan fingerprint density at radius 3 is 2.19 bits per heavy atom. The normalized spacial score (nSPS) is 11.4. The average molecular weight is 628 g/mol. The van der Waals surface area contributed by atoms with E-state index < -0.39 is 5.97 Å². The van der Waals surface area contributed by atoms with Gasteiger partial charge in [-0.25, -0.2) is 24.7 Å². The summed E-state index contributed by atoms with van der Waals surface area (Å²) in [5, 5.41) is 1.97. The average Bonchev–Trinajstić information content (AvgIpc) is 3.29. The van der Waals surface area contributed by atoms with Crippen molar-refractivity contribution in [3.63, 3.8) is 0 Å². The maximum Gasteiger partial charge on any atom is 0.358 e. The molecule has 0 atom stereocenters. The summed E-state index contributed by atoms with van der Waals surface area (Å²) in [6.07, 6.45) is 1.68. The third kappa shape index (κ3) is 5.75. The number of imidazole rings is 1. The lowest BCUT2D eigenvalue weighted by Gasteiger charge is -2.09. The third-order valence-corrected chi connectivity index (χ3v) is 7.01. The summed E-state index contributed by atoms with van der Waals surface area (Å²) in [7, 11) is 0. The van der Waals surface area contributed by atoms with Crippen molar-refractivity contribution in [1.29, 1.82) is 0 Å². The summed E-state index contributed by atoms with van der Waals surface area (Å²) in [6.45, 7) is 10.5. The Bertz CT molecular complexity index is 1610. The Morgan fingerprint density at radius 1 is 0.919 bits per heavy atom. The molecule has 0 unspecified atom stereocenters. The van der Waals surface area contributed by atoms with Gasteiger partial charge in [0.15, 0.2) is 11.3 Å². The number of nitrogen functional groups attached to an aromatic ring is 1. The summed E-state index contributed by atoms with van der Waals surface area (Å²) < 4.78 is 8.84. The Kier molecular flexibility index (Phi) is 8.08. The van der Waals surface area contributed by atoms with Crippen molar-refractivity contribution in [2.24, 2.45) is 0 Å². The van der Waals surface area contributed by atoms with Crippen LogP contribution in [0, 0.1) is 0 Å². The van der Waals surface area contributed by atoms with Gasteiger partial charge in [-0.1, -0.05) is 27.7 Å². The number of ether oxygens (including phenoxy) is 1. The van der Waals surface area contributed by atoms with E-state index in [0.29, 0.717) is 41.2 Å². The topological polar surface area (TPSA) is 108 Å². The van der Waals surface area contributed by atoms with Gasteiger partial charge >= 0.3 is 5.97 Å². The molecule has 0 fully saturated rings.